The third-order valence-electron chi connectivity index (χ3n) is 2.46. The van der Waals surface area contributed by atoms with Crippen molar-refractivity contribution in [1.82, 2.24) is 4.90 Å². The fraction of sp³-hybridized carbons (Fsp3) is 0.455. The SMILES string of the molecule is CN(CCO)C(CN)c1cccc(O)c1. The van der Waals surface area contributed by atoms with Gasteiger partial charge in [-0.05, 0) is 24.7 Å². The quantitative estimate of drug-likeness (QED) is 0.654. The lowest BCUT2D eigenvalue weighted by Gasteiger charge is -2.26. The molecule has 1 unspecified atom stereocenters. The number of nitrogens with two attached hydrogens (primary N) is 1. The van der Waals surface area contributed by atoms with Crippen molar-refractivity contribution in [2.24, 2.45) is 5.73 Å². The number of phenolic OH excluding ortho intramolecular Hbond substituents is 1. The van der Waals surface area contributed by atoms with E-state index in [4.69, 9.17) is 10.8 Å². The van der Waals surface area contributed by atoms with E-state index in [2.05, 4.69) is 0 Å². The Morgan fingerprint density at radius 3 is 2.73 bits per heavy atom. The molecule has 0 aliphatic carbocycles. The van der Waals surface area contributed by atoms with Crippen molar-refractivity contribution in [2.75, 3.05) is 26.7 Å². The first-order valence-electron chi connectivity index (χ1n) is 4.99. The third-order valence-corrected chi connectivity index (χ3v) is 2.46. The van der Waals surface area contributed by atoms with Crippen LogP contribution in [0.4, 0.5) is 0 Å². The molecule has 0 saturated carbocycles. The molecule has 1 aromatic carbocycles. The largest absolute Gasteiger partial charge is 0.508 e. The van der Waals surface area contributed by atoms with Crippen LogP contribution in [0.3, 0.4) is 0 Å². The van der Waals surface area contributed by atoms with Crippen LogP contribution in [-0.2, 0) is 0 Å². The van der Waals surface area contributed by atoms with Crippen LogP contribution in [0, 0.1) is 0 Å². The predicted octanol–water partition coefficient (Wildman–Crippen LogP) is 0.316. The number of aromatic hydroxyl groups is 1. The minimum atomic E-state index is 0.0317. The second-order valence-electron chi connectivity index (χ2n) is 3.55. The van der Waals surface area contributed by atoms with Gasteiger partial charge in [-0.25, -0.2) is 0 Å². The van der Waals surface area contributed by atoms with Crippen LogP contribution in [0.5, 0.6) is 5.75 Å². The maximum Gasteiger partial charge on any atom is 0.115 e. The zero-order valence-electron chi connectivity index (χ0n) is 8.93. The molecule has 0 spiro atoms. The summed E-state index contributed by atoms with van der Waals surface area (Å²) in [5, 5.41) is 18.2. The molecule has 4 heteroatoms. The van der Waals surface area contributed by atoms with Crippen LogP contribution in [0.1, 0.15) is 11.6 Å². The summed E-state index contributed by atoms with van der Waals surface area (Å²) in [6.07, 6.45) is 0. The van der Waals surface area contributed by atoms with E-state index in [1.165, 1.54) is 0 Å². The number of benzene rings is 1. The lowest BCUT2D eigenvalue weighted by Crippen LogP contribution is -2.32. The minimum absolute atomic E-state index is 0.0317. The molecular weight excluding hydrogens is 192 g/mol. The lowest BCUT2D eigenvalue weighted by molar-refractivity contribution is 0.183. The fourth-order valence-corrected chi connectivity index (χ4v) is 1.62. The van der Waals surface area contributed by atoms with E-state index in [1.54, 1.807) is 18.2 Å². The molecule has 1 aromatic rings. The van der Waals surface area contributed by atoms with E-state index in [1.807, 2.05) is 18.0 Å². The highest BCUT2D eigenvalue weighted by molar-refractivity contribution is 5.29. The van der Waals surface area contributed by atoms with Gasteiger partial charge in [0.05, 0.1) is 6.61 Å². The average molecular weight is 210 g/mol. The number of aliphatic hydroxyl groups is 1. The summed E-state index contributed by atoms with van der Waals surface area (Å²) in [5.41, 5.74) is 6.65. The van der Waals surface area contributed by atoms with Crippen molar-refractivity contribution in [1.29, 1.82) is 0 Å². The number of phenols is 1. The van der Waals surface area contributed by atoms with Gasteiger partial charge in [-0.2, -0.15) is 0 Å². The molecule has 1 rings (SSSR count). The van der Waals surface area contributed by atoms with Gasteiger partial charge in [0.15, 0.2) is 0 Å². The Kier molecular flexibility index (Phi) is 4.55. The van der Waals surface area contributed by atoms with E-state index >= 15 is 0 Å². The Balaban J connectivity index is 2.82. The number of hydrogen-bond donors (Lipinski definition) is 3. The lowest BCUT2D eigenvalue weighted by atomic mass is 10.1. The molecule has 0 aliphatic heterocycles. The molecule has 0 radical (unpaired) electrons. The molecule has 4 nitrogen and oxygen atoms in total. The Hall–Kier alpha value is -1.10. The van der Waals surface area contributed by atoms with Crippen molar-refractivity contribution in [3.63, 3.8) is 0 Å². The van der Waals surface area contributed by atoms with Crippen LogP contribution >= 0.6 is 0 Å². The summed E-state index contributed by atoms with van der Waals surface area (Å²) < 4.78 is 0. The molecule has 0 heterocycles. The van der Waals surface area contributed by atoms with Crippen molar-refractivity contribution in [2.45, 2.75) is 6.04 Å². The van der Waals surface area contributed by atoms with Crippen molar-refractivity contribution in [3.05, 3.63) is 29.8 Å². The number of hydrogen-bond acceptors (Lipinski definition) is 4. The molecule has 4 N–H and O–H groups in total. The van der Waals surface area contributed by atoms with Gasteiger partial charge >= 0.3 is 0 Å². The average Bonchev–Trinajstić information content (AvgIpc) is 2.19. The summed E-state index contributed by atoms with van der Waals surface area (Å²) in [5.74, 6) is 0.239. The Morgan fingerprint density at radius 2 is 2.20 bits per heavy atom. The summed E-state index contributed by atoms with van der Waals surface area (Å²) in [4.78, 5) is 1.97. The highest BCUT2D eigenvalue weighted by atomic mass is 16.3. The van der Waals surface area contributed by atoms with Gasteiger partial charge < -0.3 is 15.9 Å². The van der Waals surface area contributed by atoms with Gasteiger partial charge in [0.2, 0.25) is 0 Å². The molecule has 0 bridgehead atoms. The highest BCUT2D eigenvalue weighted by Crippen LogP contribution is 2.21. The fourth-order valence-electron chi connectivity index (χ4n) is 1.62. The number of rotatable bonds is 5. The molecule has 0 aliphatic rings. The van der Waals surface area contributed by atoms with Crippen molar-refractivity contribution < 1.29 is 10.2 Å². The normalized spacial score (nSPS) is 13.1. The zero-order valence-corrected chi connectivity index (χ0v) is 8.93. The van der Waals surface area contributed by atoms with Crippen molar-refractivity contribution in [3.8, 4) is 5.75 Å². The number of aliphatic hydroxyl groups excluding tert-OH is 1. The van der Waals surface area contributed by atoms with Gasteiger partial charge in [0.25, 0.3) is 0 Å². The van der Waals surface area contributed by atoms with Crippen molar-refractivity contribution >= 4 is 0 Å². The first-order chi connectivity index (χ1) is 7.19. The summed E-state index contributed by atoms with van der Waals surface area (Å²) in [6, 6.07) is 7.07. The third kappa shape index (κ3) is 3.20. The van der Waals surface area contributed by atoms with Crippen LogP contribution < -0.4 is 5.73 Å². The first kappa shape index (κ1) is 12.0. The zero-order chi connectivity index (χ0) is 11.3. The van der Waals surface area contributed by atoms with Gasteiger partial charge in [-0.3, -0.25) is 4.90 Å². The Bertz CT molecular complexity index is 304. The molecule has 0 aromatic heterocycles. The van der Waals surface area contributed by atoms with E-state index in [0.717, 1.165) is 5.56 Å². The minimum Gasteiger partial charge on any atom is -0.508 e. The molecule has 15 heavy (non-hydrogen) atoms. The Labute approximate surface area is 89.9 Å². The summed E-state index contributed by atoms with van der Waals surface area (Å²) >= 11 is 0. The van der Waals surface area contributed by atoms with Gasteiger partial charge in [-0.15, -0.1) is 0 Å². The number of likely N-dealkylation sites (N-methyl/N-ethyl adjacent to an activating group) is 1. The second kappa shape index (κ2) is 5.70. The summed E-state index contributed by atoms with van der Waals surface area (Å²) in [6.45, 7) is 1.13. The van der Waals surface area contributed by atoms with E-state index < -0.39 is 0 Å². The number of nitrogens with zero attached hydrogens (tertiary/aromatic N) is 1. The molecule has 0 saturated heterocycles. The maximum atomic E-state index is 9.36. The monoisotopic (exact) mass is 210 g/mol. The topological polar surface area (TPSA) is 69.7 Å². The standard InChI is InChI=1S/C11H18N2O2/c1-13(5-6-14)11(8-12)9-3-2-4-10(15)7-9/h2-4,7,11,14-15H,5-6,8,12H2,1H3. The molecule has 0 fully saturated rings. The molecule has 1 atom stereocenters. The molecule has 0 amide bonds. The van der Waals surface area contributed by atoms with E-state index in [0.29, 0.717) is 13.1 Å². The second-order valence-corrected chi connectivity index (χ2v) is 3.55. The van der Waals surface area contributed by atoms with Gasteiger partial charge in [0.1, 0.15) is 5.75 Å². The predicted molar refractivity (Wildman–Crippen MR) is 59.6 cm³/mol. The summed E-state index contributed by atoms with van der Waals surface area (Å²) in [7, 11) is 1.90. The van der Waals surface area contributed by atoms with Crippen LogP contribution in [0.15, 0.2) is 24.3 Å². The van der Waals surface area contributed by atoms with Crippen LogP contribution in [0.25, 0.3) is 0 Å². The van der Waals surface area contributed by atoms with E-state index in [-0.39, 0.29) is 18.4 Å². The molecular formula is C11H18N2O2. The smallest absolute Gasteiger partial charge is 0.115 e. The highest BCUT2D eigenvalue weighted by Gasteiger charge is 2.14. The van der Waals surface area contributed by atoms with Gasteiger partial charge in [-0.1, -0.05) is 12.1 Å². The Morgan fingerprint density at radius 1 is 1.47 bits per heavy atom. The van der Waals surface area contributed by atoms with Gasteiger partial charge in [0, 0.05) is 19.1 Å². The van der Waals surface area contributed by atoms with E-state index in [9.17, 15) is 5.11 Å². The van der Waals surface area contributed by atoms with Crippen LogP contribution in [0.2, 0.25) is 0 Å². The maximum absolute atomic E-state index is 9.36. The first-order valence-corrected chi connectivity index (χ1v) is 4.99. The molecule has 84 valence electrons. The van der Waals surface area contributed by atoms with Crippen LogP contribution in [-0.4, -0.2) is 41.9 Å².